The molecule has 0 fully saturated rings. The third-order valence-electron chi connectivity index (χ3n) is 5.61. The highest BCUT2D eigenvalue weighted by molar-refractivity contribution is 6.07. The first-order chi connectivity index (χ1) is 16.2. The van der Waals surface area contributed by atoms with Gasteiger partial charge in [-0.25, -0.2) is 9.59 Å². The van der Waals surface area contributed by atoms with Gasteiger partial charge in [0.1, 0.15) is 11.5 Å². The normalized spacial score (nSPS) is 15.6. The summed E-state index contributed by atoms with van der Waals surface area (Å²) in [5.41, 5.74) is 14.0. The van der Waals surface area contributed by atoms with Crippen LogP contribution >= 0.6 is 0 Å². The second-order valence-electron chi connectivity index (χ2n) is 7.66. The van der Waals surface area contributed by atoms with Gasteiger partial charge in [0.25, 0.3) is 0 Å². The quantitative estimate of drug-likeness (QED) is 0.646. The van der Waals surface area contributed by atoms with E-state index in [2.05, 4.69) is 6.07 Å². The summed E-state index contributed by atoms with van der Waals surface area (Å²) in [6.45, 7) is 3.40. The molecular formula is C25H24N4O5. The zero-order valence-corrected chi connectivity index (χ0v) is 19.2. The van der Waals surface area contributed by atoms with Crippen molar-refractivity contribution in [1.82, 2.24) is 0 Å². The molecule has 1 amide bonds. The van der Waals surface area contributed by atoms with E-state index in [-0.39, 0.29) is 28.2 Å². The number of hydrogen-bond acceptors (Lipinski definition) is 8. The van der Waals surface area contributed by atoms with E-state index in [0.717, 1.165) is 0 Å². The molecule has 0 aromatic heterocycles. The van der Waals surface area contributed by atoms with E-state index >= 15 is 0 Å². The highest BCUT2D eigenvalue weighted by atomic mass is 16.5. The van der Waals surface area contributed by atoms with Crippen molar-refractivity contribution in [2.24, 2.45) is 11.5 Å². The Labute approximate surface area is 196 Å². The van der Waals surface area contributed by atoms with E-state index in [9.17, 15) is 19.6 Å². The Bertz CT molecular complexity index is 1270. The zero-order chi connectivity index (χ0) is 25.2. The molecule has 34 heavy (non-hydrogen) atoms. The molecule has 0 spiro atoms. The maximum absolute atomic E-state index is 13.1. The first kappa shape index (κ1) is 24.1. The Morgan fingerprint density at radius 1 is 1.00 bits per heavy atom. The van der Waals surface area contributed by atoms with Crippen molar-refractivity contribution < 1.29 is 23.9 Å². The second kappa shape index (κ2) is 9.50. The molecule has 0 bridgehead atoms. The van der Waals surface area contributed by atoms with Crippen molar-refractivity contribution in [3.05, 3.63) is 87.4 Å². The van der Waals surface area contributed by atoms with Gasteiger partial charge in [-0.05, 0) is 42.7 Å². The molecule has 4 N–H and O–H groups in total. The van der Waals surface area contributed by atoms with E-state index in [0.29, 0.717) is 22.4 Å². The molecule has 1 heterocycles. The van der Waals surface area contributed by atoms with Gasteiger partial charge in [-0.2, -0.15) is 5.26 Å². The molecule has 0 saturated carbocycles. The lowest BCUT2D eigenvalue weighted by atomic mass is 9.80. The number of allylic oxidation sites excluding steroid dienone is 1. The van der Waals surface area contributed by atoms with Gasteiger partial charge < -0.3 is 20.9 Å². The van der Waals surface area contributed by atoms with Crippen LogP contribution in [0.3, 0.4) is 0 Å². The summed E-state index contributed by atoms with van der Waals surface area (Å²) in [6, 6.07) is 13.9. The molecule has 3 rings (SSSR count). The maximum atomic E-state index is 13.1. The fourth-order valence-electron chi connectivity index (χ4n) is 4.20. The minimum absolute atomic E-state index is 0.0528. The Hall–Kier alpha value is -4.58. The number of benzene rings is 2. The molecule has 2 aromatic carbocycles. The largest absolute Gasteiger partial charge is 0.466 e. The number of primary amides is 1. The number of nitriles is 1. The summed E-state index contributed by atoms with van der Waals surface area (Å²) in [7, 11) is 2.36. The lowest BCUT2D eigenvalue weighted by Crippen LogP contribution is -2.41. The first-order valence-electron chi connectivity index (χ1n) is 10.2. The van der Waals surface area contributed by atoms with Crippen molar-refractivity contribution in [3.8, 4) is 6.07 Å². The number of nitrogens with zero attached hydrogens (tertiary/aromatic N) is 2. The van der Waals surface area contributed by atoms with Gasteiger partial charge in [0.15, 0.2) is 0 Å². The van der Waals surface area contributed by atoms with Crippen LogP contribution < -0.4 is 16.4 Å². The second-order valence-corrected chi connectivity index (χ2v) is 7.66. The number of anilines is 1. The minimum Gasteiger partial charge on any atom is -0.466 e. The average molecular weight is 460 g/mol. The van der Waals surface area contributed by atoms with E-state index < -0.39 is 23.8 Å². The van der Waals surface area contributed by atoms with Crippen molar-refractivity contribution >= 4 is 23.5 Å². The van der Waals surface area contributed by atoms with Crippen LogP contribution in [0.5, 0.6) is 0 Å². The van der Waals surface area contributed by atoms with Crippen molar-refractivity contribution in [1.29, 1.82) is 5.26 Å². The fourth-order valence-corrected chi connectivity index (χ4v) is 4.20. The molecule has 9 nitrogen and oxygen atoms in total. The van der Waals surface area contributed by atoms with Crippen LogP contribution in [0.25, 0.3) is 0 Å². The van der Waals surface area contributed by atoms with Gasteiger partial charge in [0.2, 0.25) is 5.91 Å². The lowest BCUT2D eigenvalue weighted by Gasteiger charge is -2.37. The van der Waals surface area contributed by atoms with Crippen LogP contribution in [0, 0.1) is 25.2 Å². The van der Waals surface area contributed by atoms with Crippen molar-refractivity contribution in [2.45, 2.75) is 19.8 Å². The number of rotatable bonds is 5. The Morgan fingerprint density at radius 3 is 2.03 bits per heavy atom. The van der Waals surface area contributed by atoms with Crippen molar-refractivity contribution in [2.75, 3.05) is 19.1 Å². The number of nitrogens with two attached hydrogens (primary N) is 2. The average Bonchev–Trinajstić information content (AvgIpc) is 2.83. The smallest absolute Gasteiger partial charge is 0.355 e. The van der Waals surface area contributed by atoms with E-state index in [4.69, 9.17) is 20.9 Å². The van der Waals surface area contributed by atoms with Crippen LogP contribution in [0.4, 0.5) is 5.69 Å². The predicted octanol–water partition coefficient (Wildman–Crippen LogP) is 2.30. The third-order valence-corrected chi connectivity index (χ3v) is 5.61. The fraction of sp³-hybridized carbons (Fsp3) is 0.200. The van der Waals surface area contributed by atoms with E-state index in [1.165, 1.54) is 19.1 Å². The number of carbonyl (C=O) groups is 3. The highest BCUT2D eigenvalue weighted by Gasteiger charge is 2.43. The first-order valence-corrected chi connectivity index (χ1v) is 10.2. The number of methoxy groups -OCH3 is 2. The zero-order valence-electron chi connectivity index (χ0n) is 19.2. The molecule has 0 aliphatic carbocycles. The summed E-state index contributed by atoms with van der Waals surface area (Å²) >= 11 is 0. The molecule has 9 heteroatoms. The molecule has 1 aliphatic rings. The Morgan fingerprint density at radius 2 is 1.56 bits per heavy atom. The molecule has 174 valence electrons. The Kier molecular flexibility index (Phi) is 6.73. The van der Waals surface area contributed by atoms with E-state index in [1.54, 1.807) is 56.3 Å². The lowest BCUT2D eigenvalue weighted by molar-refractivity contribution is -0.139. The van der Waals surface area contributed by atoms with Crippen LogP contribution in [-0.2, 0) is 19.1 Å². The van der Waals surface area contributed by atoms with Crippen LogP contribution in [-0.4, -0.2) is 32.1 Å². The third kappa shape index (κ3) is 3.97. The molecule has 2 aromatic rings. The number of ether oxygens (including phenoxy) is 2. The van der Waals surface area contributed by atoms with Crippen LogP contribution in [0.2, 0.25) is 0 Å². The molecule has 1 aliphatic heterocycles. The minimum atomic E-state index is -0.963. The summed E-state index contributed by atoms with van der Waals surface area (Å²) in [5, 5.41) is 10.1. The van der Waals surface area contributed by atoms with Crippen LogP contribution in [0.15, 0.2) is 65.1 Å². The summed E-state index contributed by atoms with van der Waals surface area (Å²) in [6.07, 6.45) is 0. The SMILES string of the molecule is COC(=O)C1=C(C(=O)OC)N(c2c(C)cc(C(N)=O)cc2C)C(N)=C(C#N)C1c1ccccc1. The van der Waals surface area contributed by atoms with Gasteiger partial charge in [-0.15, -0.1) is 0 Å². The molecule has 1 unspecified atom stereocenters. The van der Waals surface area contributed by atoms with E-state index in [1.807, 2.05) is 0 Å². The maximum Gasteiger partial charge on any atom is 0.355 e. The molecular weight excluding hydrogens is 436 g/mol. The molecule has 0 radical (unpaired) electrons. The number of hydrogen-bond donors (Lipinski definition) is 2. The van der Waals surface area contributed by atoms with Gasteiger partial charge in [-0.3, -0.25) is 9.69 Å². The van der Waals surface area contributed by atoms with Gasteiger partial charge in [0, 0.05) is 5.56 Å². The summed E-state index contributed by atoms with van der Waals surface area (Å²) in [5.74, 6) is -3.31. The highest BCUT2D eigenvalue weighted by Crippen LogP contribution is 2.44. The van der Waals surface area contributed by atoms with Crippen molar-refractivity contribution in [3.63, 3.8) is 0 Å². The van der Waals surface area contributed by atoms with Crippen LogP contribution in [0.1, 0.15) is 33.0 Å². The summed E-state index contributed by atoms with van der Waals surface area (Å²) < 4.78 is 10.1. The standard InChI is InChI=1S/C25H24N4O5/c1-13-10-16(23(28)30)11-14(2)20(13)29-21(25(32)34-4)19(24(31)33-3)18(17(12-26)22(29)27)15-8-6-5-7-9-15/h5-11,18H,27H2,1-4H3,(H2,28,30). The molecule has 1 atom stereocenters. The topological polar surface area (TPSA) is 149 Å². The number of amides is 1. The van der Waals surface area contributed by atoms with Gasteiger partial charge in [0.05, 0.1) is 43.0 Å². The molecule has 0 saturated heterocycles. The number of carbonyl (C=O) groups excluding carboxylic acids is 3. The number of aryl methyl sites for hydroxylation is 2. The monoisotopic (exact) mass is 460 g/mol. The Balaban J connectivity index is 2.47. The van der Waals surface area contributed by atoms with Gasteiger partial charge >= 0.3 is 11.9 Å². The van der Waals surface area contributed by atoms with Gasteiger partial charge in [-0.1, -0.05) is 30.3 Å². The predicted molar refractivity (Wildman–Crippen MR) is 124 cm³/mol. The summed E-state index contributed by atoms with van der Waals surface area (Å²) in [4.78, 5) is 39.3. The number of esters is 2.